The van der Waals surface area contributed by atoms with Crippen LogP contribution < -0.4 is 5.32 Å². The molecule has 2 aliphatic rings. The Kier molecular flexibility index (Phi) is 1.61. The Morgan fingerprint density at radius 2 is 2.36 bits per heavy atom. The van der Waals surface area contributed by atoms with Crippen LogP contribution in [0.4, 0.5) is 0 Å². The summed E-state index contributed by atoms with van der Waals surface area (Å²) in [6.45, 7) is 2.02. The second-order valence-electron chi connectivity index (χ2n) is 3.84. The van der Waals surface area contributed by atoms with Crippen molar-refractivity contribution in [3.05, 3.63) is 0 Å². The molecule has 1 aliphatic carbocycles. The van der Waals surface area contributed by atoms with Crippen LogP contribution in [-0.2, 0) is 0 Å². The number of nitrogens with one attached hydrogen (secondary N) is 1. The summed E-state index contributed by atoms with van der Waals surface area (Å²) < 4.78 is 0. The van der Waals surface area contributed by atoms with Gasteiger partial charge in [0, 0.05) is 6.54 Å². The highest BCUT2D eigenvalue weighted by molar-refractivity contribution is 5.10. The van der Waals surface area contributed by atoms with Crippen LogP contribution in [0.1, 0.15) is 25.7 Å². The van der Waals surface area contributed by atoms with E-state index in [9.17, 15) is 0 Å². The van der Waals surface area contributed by atoms with E-state index in [-0.39, 0.29) is 5.41 Å². The van der Waals surface area contributed by atoms with E-state index in [1.54, 1.807) is 0 Å². The summed E-state index contributed by atoms with van der Waals surface area (Å²) in [4.78, 5) is 0. The summed E-state index contributed by atoms with van der Waals surface area (Å²) in [7, 11) is 0. The lowest BCUT2D eigenvalue weighted by atomic mass is 9.69. The molecule has 1 aliphatic heterocycles. The van der Waals surface area contributed by atoms with Crippen molar-refractivity contribution < 1.29 is 0 Å². The third kappa shape index (κ3) is 0.954. The van der Waals surface area contributed by atoms with Crippen LogP contribution in [0.2, 0.25) is 0 Å². The smallest absolute Gasteiger partial charge is 0.0738 e. The number of hydrogen-bond acceptors (Lipinski definition) is 2. The molecule has 0 amide bonds. The first-order valence-corrected chi connectivity index (χ1v) is 4.49. The number of nitriles is 1. The zero-order valence-corrected chi connectivity index (χ0v) is 6.77. The fourth-order valence-corrected chi connectivity index (χ4v) is 2.50. The molecule has 0 spiro atoms. The first kappa shape index (κ1) is 7.12. The van der Waals surface area contributed by atoms with Crippen LogP contribution in [0.25, 0.3) is 0 Å². The molecule has 1 saturated carbocycles. The maximum atomic E-state index is 9.06. The minimum absolute atomic E-state index is 0.0260. The monoisotopic (exact) mass is 150 g/mol. The molecule has 2 rings (SSSR count). The second kappa shape index (κ2) is 2.49. The Morgan fingerprint density at radius 1 is 1.45 bits per heavy atom. The highest BCUT2D eigenvalue weighted by Crippen LogP contribution is 2.42. The fourth-order valence-electron chi connectivity index (χ4n) is 2.50. The molecule has 0 bridgehead atoms. The van der Waals surface area contributed by atoms with E-state index in [0.29, 0.717) is 5.92 Å². The number of hydrogen-bond donors (Lipinski definition) is 1. The van der Waals surface area contributed by atoms with Gasteiger partial charge in [0.15, 0.2) is 0 Å². The second-order valence-corrected chi connectivity index (χ2v) is 3.84. The van der Waals surface area contributed by atoms with Gasteiger partial charge in [0.2, 0.25) is 0 Å². The van der Waals surface area contributed by atoms with Crippen molar-refractivity contribution in [3.63, 3.8) is 0 Å². The van der Waals surface area contributed by atoms with Gasteiger partial charge in [0.25, 0.3) is 0 Å². The van der Waals surface area contributed by atoms with Crippen molar-refractivity contribution in [1.29, 1.82) is 5.26 Å². The Labute approximate surface area is 67.6 Å². The molecule has 0 unspecified atom stereocenters. The van der Waals surface area contributed by atoms with Crippen molar-refractivity contribution in [2.75, 3.05) is 13.1 Å². The molecule has 1 heterocycles. The predicted octanol–water partition coefficient (Wildman–Crippen LogP) is 1.29. The predicted molar refractivity (Wildman–Crippen MR) is 42.9 cm³/mol. The highest BCUT2D eigenvalue weighted by atomic mass is 14.9. The standard InChI is InChI=1S/C9H14N2/c10-6-9-4-2-1-3-8(9)5-11-7-9/h8,11H,1-5,7H2/t8-,9+/m0/s1. The maximum absolute atomic E-state index is 9.06. The molecule has 0 aromatic rings. The van der Waals surface area contributed by atoms with Gasteiger partial charge in [-0.25, -0.2) is 0 Å². The molecule has 2 atom stereocenters. The van der Waals surface area contributed by atoms with Gasteiger partial charge in [0.05, 0.1) is 11.5 Å². The SMILES string of the molecule is N#C[C@@]12CCCC[C@H]1CNC2. The molecule has 0 aromatic heterocycles. The van der Waals surface area contributed by atoms with Gasteiger partial charge >= 0.3 is 0 Å². The van der Waals surface area contributed by atoms with E-state index in [2.05, 4.69) is 11.4 Å². The Hall–Kier alpha value is -0.550. The lowest BCUT2D eigenvalue weighted by Gasteiger charge is -2.31. The maximum Gasteiger partial charge on any atom is 0.0738 e. The molecule has 2 heteroatoms. The van der Waals surface area contributed by atoms with E-state index in [0.717, 1.165) is 19.5 Å². The van der Waals surface area contributed by atoms with E-state index < -0.39 is 0 Å². The van der Waals surface area contributed by atoms with Gasteiger partial charge in [-0.05, 0) is 25.3 Å². The van der Waals surface area contributed by atoms with Crippen LogP contribution in [0.5, 0.6) is 0 Å². The van der Waals surface area contributed by atoms with Gasteiger partial charge in [0.1, 0.15) is 0 Å². The molecule has 2 fully saturated rings. The molecule has 11 heavy (non-hydrogen) atoms. The molecule has 1 saturated heterocycles. The third-order valence-electron chi connectivity index (χ3n) is 3.26. The summed E-state index contributed by atoms with van der Waals surface area (Å²) in [5.74, 6) is 0.654. The van der Waals surface area contributed by atoms with Crippen LogP contribution in [-0.4, -0.2) is 13.1 Å². The number of rotatable bonds is 0. The third-order valence-corrected chi connectivity index (χ3v) is 3.26. The minimum atomic E-state index is 0.0260. The van der Waals surface area contributed by atoms with Gasteiger partial charge in [-0.1, -0.05) is 12.8 Å². The largest absolute Gasteiger partial charge is 0.315 e. The van der Waals surface area contributed by atoms with Crippen LogP contribution >= 0.6 is 0 Å². The molecule has 0 radical (unpaired) electrons. The van der Waals surface area contributed by atoms with Gasteiger partial charge in [-0.3, -0.25) is 0 Å². The average molecular weight is 150 g/mol. The average Bonchev–Trinajstić information content (AvgIpc) is 2.48. The molecule has 60 valence electrons. The topological polar surface area (TPSA) is 35.8 Å². The Bertz CT molecular complexity index is 194. The first-order chi connectivity index (χ1) is 5.37. The number of fused-ring (bicyclic) bond motifs is 1. The fraction of sp³-hybridized carbons (Fsp3) is 0.889. The molecular formula is C9H14N2. The van der Waals surface area contributed by atoms with E-state index in [4.69, 9.17) is 5.26 Å². The van der Waals surface area contributed by atoms with Crippen molar-refractivity contribution in [2.45, 2.75) is 25.7 Å². The Balaban J connectivity index is 2.20. The van der Waals surface area contributed by atoms with E-state index >= 15 is 0 Å². The zero-order valence-electron chi connectivity index (χ0n) is 6.77. The lowest BCUT2D eigenvalue weighted by Crippen LogP contribution is -2.31. The van der Waals surface area contributed by atoms with Gasteiger partial charge in [-0.15, -0.1) is 0 Å². The van der Waals surface area contributed by atoms with Crippen LogP contribution in [0.3, 0.4) is 0 Å². The quantitative estimate of drug-likeness (QED) is 0.564. The van der Waals surface area contributed by atoms with E-state index in [1.807, 2.05) is 0 Å². The Morgan fingerprint density at radius 3 is 3.09 bits per heavy atom. The van der Waals surface area contributed by atoms with Crippen molar-refractivity contribution in [1.82, 2.24) is 5.32 Å². The minimum Gasteiger partial charge on any atom is -0.315 e. The van der Waals surface area contributed by atoms with Crippen molar-refractivity contribution in [3.8, 4) is 6.07 Å². The molecular weight excluding hydrogens is 136 g/mol. The summed E-state index contributed by atoms with van der Waals surface area (Å²) in [6, 6.07) is 2.52. The lowest BCUT2D eigenvalue weighted by molar-refractivity contribution is 0.220. The number of nitrogens with zero attached hydrogens (tertiary/aromatic N) is 1. The van der Waals surface area contributed by atoms with Crippen molar-refractivity contribution >= 4 is 0 Å². The van der Waals surface area contributed by atoms with Crippen LogP contribution in [0, 0.1) is 22.7 Å². The van der Waals surface area contributed by atoms with Crippen molar-refractivity contribution in [2.24, 2.45) is 11.3 Å². The summed E-state index contributed by atoms with van der Waals surface area (Å²) in [5.41, 5.74) is 0.0260. The summed E-state index contributed by atoms with van der Waals surface area (Å²) in [5, 5.41) is 12.4. The van der Waals surface area contributed by atoms with Gasteiger partial charge in [-0.2, -0.15) is 5.26 Å². The molecule has 1 N–H and O–H groups in total. The normalized spacial score (nSPS) is 43.0. The summed E-state index contributed by atoms with van der Waals surface area (Å²) >= 11 is 0. The molecule has 2 nitrogen and oxygen atoms in total. The van der Waals surface area contributed by atoms with E-state index in [1.165, 1.54) is 19.3 Å². The highest BCUT2D eigenvalue weighted by Gasteiger charge is 2.44. The first-order valence-electron chi connectivity index (χ1n) is 4.49. The molecule has 0 aromatic carbocycles. The van der Waals surface area contributed by atoms with Crippen LogP contribution in [0.15, 0.2) is 0 Å². The summed E-state index contributed by atoms with van der Waals surface area (Å²) in [6.07, 6.45) is 4.98. The zero-order chi connectivity index (χ0) is 7.73. The van der Waals surface area contributed by atoms with Gasteiger partial charge < -0.3 is 5.32 Å².